The van der Waals surface area contributed by atoms with Crippen molar-refractivity contribution in [3.8, 4) is 0 Å². The maximum absolute atomic E-state index is 12.3. The van der Waals surface area contributed by atoms with Gasteiger partial charge in [-0.3, -0.25) is 9.69 Å². The topological polar surface area (TPSA) is 61.6 Å². The molecule has 5 heteroatoms. The van der Waals surface area contributed by atoms with Gasteiger partial charge in [-0.2, -0.15) is 0 Å². The SMILES string of the molecule is CC(C(=O)Nc1cccc(N)c1)N(C)CCN1CCCC1. The molecule has 1 aliphatic rings. The molecular formula is C16H26N4O. The number of nitrogens with zero attached hydrogens (tertiary/aromatic N) is 2. The molecule has 5 nitrogen and oxygen atoms in total. The third-order valence-corrected chi connectivity index (χ3v) is 4.16. The Morgan fingerprint density at radius 1 is 1.43 bits per heavy atom. The Balaban J connectivity index is 1.80. The summed E-state index contributed by atoms with van der Waals surface area (Å²) in [5.41, 5.74) is 7.13. The van der Waals surface area contributed by atoms with Crippen LogP contribution in [0.3, 0.4) is 0 Å². The molecule has 1 unspecified atom stereocenters. The van der Waals surface area contributed by atoms with Crippen molar-refractivity contribution >= 4 is 17.3 Å². The van der Waals surface area contributed by atoms with E-state index < -0.39 is 0 Å². The Morgan fingerprint density at radius 3 is 2.81 bits per heavy atom. The molecule has 0 spiro atoms. The van der Waals surface area contributed by atoms with Crippen LogP contribution in [-0.4, -0.2) is 55.0 Å². The van der Waals surface area contributed by atoms with Gasteiger partial charge >= 0.3 is 0 Å². The van der Waals surface area contributed by atoms with Gasteiger partial charge in [0.25, 0.3) is 0 Å². The minimum atomic E-state index is -0.158. The van der Waals surface area contributed by atoms with Crippen molar-refractivity contribution in [1.82, 2.24) is 9.80 Å². The molecule has 2 rings (SSSR count). The van der Waals surface area contributed by atoms with Crippen molar-refractivity contribution in [2.24, 2.45) is 0 Å². The molecule has 1 fully saturated rings. The van der Waals surface area contributed by atoms with Gasteiger partial charge in [0, 0.05) is 24.5 Å². The first-order valence-electron chi connectivity index (χ1n) is 7.65. The normalized spacial score (nSPS) is 17.1. The monoisotopic (exact) mass is 290 g/mol. The standard InChI is InChI=1S/C16H26N4O/c1-13(19(2)10-11-20-8-3-4-9-20)16(21)18-15-7-5-6-14(17)12-15/h5-7,12-13H,3-4,8-11,17H2,1-2H3,(H,18,21). The quantitative estimate of drug-likeness (QED) is 0.782. The van der Waals surface area contributed by atoms with Gasteiger partial charge in [0.05, 0.1) is 6.04 Å². The third-order valence-electron chi connectivity index (χ3n) is 4.16. The Bertz CT molecular complexity index is 471. The van der Waals surface area contributed by atoms with E-state index in [1.807, 2.05) is 26.1 Å². The zero-order valence-electron chi connectivity index (χ0n) is 13.0. The largest absolute Gasteiger partial charge is 0.399 e. The van der Waals surface area contributed by atoms with E-state index in [1.165, 1.54) is 25.9 Å². The first-order chi connectivity index (χ1) is 10.1. The van der Waals surface area contributed by atoms with Crippen LogP contribution in [0.4, 0.5) is 11.4 Å². The van der Waals surface area contributed by atoms with Gasteiger partial charge < -0.3 is 16.0 Å². The fourth-order valence-corrected chi connectivity index (χ4v) is 2.56. The van der Waals surface area contributed by atoms with Gasteiger partial charge in [-0.05, 0) is 58.1 Å². The molecule has 116 valence electrons. The second kappa shape index (κ2) is 7.43. The molecule has 1 aromatic rings. The number of rotatable bonds is 6. The summed E-state index contributed by atoms with van der Waals surface area (Å²) in [4.78, 5) is 16.8. The smallest absolute Gasteiger partial charge is 0.241 e. The Hall–Kier alpha value is -1.59. The van der Waals surface area contributed by atoms with Crippen LogP contribution >= 0.6 is 0 Å². The van der Waals surface area contributed by atoms with Crippen molar-refractivity contribution in [3.05, 3.63) is 24.3 Å². The van der Waals surface area contributed by atoms with E-state index in [0.29, 0.717) is 5.69 Å². The lowest BCUT2D eigenvalue weighted by molar-refractivity contribution is -0.120. The van der Waals surface area contributed by atoms with E-state index >= 15 is 0 Å². The van der Waals surface area contributed by atoms with Crippen molar-refractivity contribution in [3.63, 3.8) is 0 Å². The lowest BCUT2D eigenvalue weighted by atomic mass is 10.2. The van der Waals surface area contributed by atoms with Gasteiger partial charge in [0.1, 0.15) is 0 Å². The average molecular weight is 290 g/mol. The second-order valence-electron chi connectivity index (χ2n) is 5.82. The molecule has 1 aliphatic heterocycles. The zero-order valence-corrected chi connectivity index (χ0v) is 13.0. The van der Waals surface area contributed by atoms with E-state index in [1.54, 1.807) is 12.1 Å². The van der Waals surface area contributed by atoms with Crippen LogP contribution in [0.15, 0.2) is 24.3 Å². The number of likely N-dealkylation sites (tertiary alicyclic amines) is 1. The Morgan fingerprint density at radius 2 is 2.14 bits per heavy atom. The maximum Gasteiger partial charge on any atom is 0.241 e. The number of benzene rings is 1. The van der Waals surface area contributed by atoms with Crippen LogP contribution in [0, 0.1) is 0 Å². The Kier molecular flexibility index (Phi) is 5.59. The molecule has 1 amide bonds. The predicted molar refractivity (Wildman–Crippen MR) is 87.3 cm³/mol. The second-order valence-corrected chi connectivity index (χ2v) is 5.82. The highest BCUT2D eigenvalue weighted by molar-refractivity contribution is 5.94. The number of nitrogens with one attached hydrogen (secondary N) is 1. The molecule has 21 heavy (non-hydrogen) atoms. The molecular weight excluding hydrogens is 264 g/mol. The Labute approximate surface area is 127 Å². The van der Waals surface area contributed by atoms with Crippen LogP contribution in [0.1, 0.15) is 19.8 Å². The minimum Gasteiger partial charge on any atom is -0.399 e. The highest BCUT2D eigenvalue weighted by Gasteiger charge is 2.19. The summed E-state index contributed by atoms with van der Waals surface area (Å²) in [6.07, 6.45) is 2.60. The van der Waals surface area contributed by atoms with Gasteiger partial charge in [-0.15, -0.1) is 0 Å². The molecule has 0 saturated carbocycles. The fraction of sp³-hybridized carbons (Fsp3) is 0.562. The number of nitrogen functional groups attached to an aromatic ring is 1. The first kappa shape index (κ1) is 15.8. The molecule has 0 bridgehead atoms. The average Bonchev–Trinajstić information content (AvgIpc) is 2.97. The van der Waals surface area contributed by atoms with E-state index in [2.05, 4.69) is 15.1 Å². The van der Waals surface area contributed by atoms with Crippen molar-refractivity contribution < 1.29 is 4.79 Å². The number of hydrogen-bond donors (Lipinski definition) is 2. The van der Waals surface area contributed by atoms with Gasteiger partial charge in [0.15, 0.2) is 0 Å². The summed E-state index contributed by atoms with van der Waals surface area (Å²) < 4.78 is 0. The third kappa shape index (κ3) is 4.72. The van der Waals surface area contributed by atoms with E-state index in [-0.39, 0.29) is 11.9 Å². The fourth-order valence-electron chi connectivity index (χ4n) is 2.56. The number of nitrogens with two attached hydrogens (primary N) is 1. The lowest BCUT2D eigenvalue weighted by Gasteiger charge is -2.26. The number of carbonyl (C=O) groups is 1. The van der Waals surface area contributed by atoms with Crippen LogP contribution in [0.25, 0.3) is 0 Å². The van der Waals surface area contributed by atoms with Crippen molar-refractivity contribution in [2.75, 3.05) is 44.3 Å². The van der Waals surface area contributed by atoms with Crippen molar-refractivity contribution in [1.29, 1.82) is 0 Å². The maximum atomic E-state index is 12.3. The molecule has 0 aliphatic carbocycles. The highest BCUT2D eigenvalue weighted by Crippen LogP contribution is 2.13. The van der Waals surface area contributed by atoms with E-state index in [4.69, 9.17) is 5.73 Å². The molecule has 1 aromatic carbocycles. The molecule has 1 saturated heterocycles. The van der Waals surface area contributed by atoms with Crippen LogP contribution < -0.4 is 11.1 Å². The summed E-state index contributed by atoms with van der Waals surface area (Å²) >= 11 is 0. The van der Waals surface area contributed by atoms with Gasteiger partial charge in [-0.25, -0.2) is 0 Å². The first-order valence-corrected chi connectivity index (χ1v) is 7.65. The van der Waals surface area contributed by atoms with Crippen molar-refractivity contribution in [2.45, 2.75) is 25.8 Å². The van der Waals surface area contributed by atoms with E-state index in [9.17, 15) is 4.79 Å². The predicted octanol–water partition coefficient (Wildman–Crippen LogP) is 1.62. The van der Waals surface area contributed by atoms with Crippen LogP contribution in [0.2, 0.25) is 0 Å². The number of carbonyl (C=O) groups excluding carboxylic acids is 1. The van der Waals surface area contributed by atoms with Crippen LogP contribution in [0.5, 0.6) is 0 Å². The highest BCUT2D eigenvalue weighted by atomic mass is 16.2. The van der Waals surface area contributed by atoms with E-state index in [0.717, 1.165) is 18.8 Å². The van der Waals surface area contributed by atoms with Gasteiger partial charge in [0.2, 0.25) is 5.91 Å². The summed E-state index contributed by atoms with van der Waals surface area (Å²) in [7, 11) is 2.00. The van der Waals surface area contributed by atoms with Gasteiger partial charge in [-0.1, -0.05) is 6.07 Å². The lowest BCUT2D eigenvalue weighted by Crippen LogP contribution is -2.43. The molecule has 3 N–H and O–H groups in total. The minimum absolute atomic E-state index is 0.00419. The summed E-state index contributed by atoms with van der Waals surface area (Å²) in [5.74, 6) is 0.00419. The summed E-state index contributed by atoms with van der Waals surface area (Å²) in [6.45, 7) is 6.26. The number of anilines is 2. The number of hydrogen-bond acceptors (Lipinski definition) is 4. The zero-order chi connectivity index (χ0) is 15.2. The molecule has 1 heterocycles. The molecule has 0 aromatic heterocycles. The molecule has 0 radical (unpaired) electrons. The van der Waals surface area contributed by atoms with Crippen LogP contribution in [-0.2, 0) is 4.79 Å². The summed E-state index contributed by atoms with van der Waals surface area (Å²) in [5, 5.41) is 2.92. The molecule has 1 atom stereocenters. The number of amides is 1. The summed E-state index contributed by atoms with van der Waals surface area (Å²) in [6, 6.07) is 7.11. The number of likely N-dealkylation sites (N-methyl/N-ethyl adjacent to an activating group) is 1.